The summed E-state index contributed by atoms with van der Waals surface area (Å²) in [5.41, 5.74) is 1.18. The third-order valence-corrected chi connectivity index (χ3v) is 9.78. The van der Waals surface area contributed by atoms with E-state index in [0.29, 0.717) is 13.2 Å². The first-order chi connectivity index (χ1) is 27.4. The number of hydrogen-bond donors (Lipinski definition) is 0. The predicted molar refractivity (Wildman–Crippen MR) is 229 cm³/mol. The molecular weight excluding hydrogens is 703 g/mol. The lowest BCUT2D eigenvalue weighted by Crippen LogP contribution is -2.07. The zero-order valence-electron chi connectivity index (χ0n) is 34.0. The van der Waals surface area contributed by atoms with Gasteiger partial charge in [-0.05, 0) is 72.5 Å². The van der Waals surface area contributed by atoms with Crippen molar-refractivity contribution in [3.05, 3.63) is 106 Å². The number of allylic oxidation sites excluding steroid dienone is 1. The second-order valence-corrected chi connectivity index (χ2v) is 14.6. The van der Waals surface area contributed by atoms with Gasteiger partial charge in [0.05, 0.1) is 18.1 Å². The van der Waals surface area contributed by atoms with Crippen molar-refractivity contribution >= 4 is 29.6 Å². The largest absolute Gasteiger partial charge is 0.494 e. The second kappa shape index (κ2) is 28.7. The number of ether oxygens (including phenoxy) is 3. The molecule has 0 fully saturated rings. The van der Waals surface area contributed by atoms with Gasteiger partial charge < -0.3 is 14.2 Å². The summed E-state index contributed by atoms with van der Waals surface area (Å²) in [6, 6.07) is 18.6. The molecule has 3 aromatic carbocycles. The molecule has 0 unspecified atom stereocenters. The number of hydrogen-bond acceptors (Lipinski definition) is 7. The van der Waals surface area contributed by atoms with Crippen LogP contribution in [0.15, 0.2) is 78.9 Å². The summed E-state index contributed by atoms with van der Waals surface area (Å²) in [5, 5.41) is 11.8. The van der Waals surface area contributed by atoms with Gasteiger partial charge in [-0.25, -0.2) is 4.79 Å². The zero-order chi connectivity index (χ0) is 40.1. The van der Waals surface area contributed by atoms with E-state index >= 15 is 0 Å². The Kier molecular flexibility index (Phi) is 23.4. The molecule has 8 nitrogen and oxygen atoms in total. The van der Waals surface area contributed by atoms with E-state index in [1.54, 1.807) is 12.2 Å². The summed E-state index contributed by atoms with van der Waals surface area (Å²) in [6.07, 6.45) is 31.4. The van der Waals surface area contributed by atoms with Gasteiger partial charge in [-0.3, -0.25) is 14.9 Å². The van der Waals surface area contributed by atoms with Crippen LogP contribution < -0.4 is 14.2 Å². The van der Waals surface area contributed by atoms with Gasteiger partial charge in [0, 0.05) is 17.7 Å². The molecule has 0 aliphatic rings. The minimum absolute atomic E-state index is 0.107. The maximum Gasteiger partial charge on any atom is 0.336 e. The molecule has 0 heterocycles. The molecule has 56 heavy (non-hydrogen) atoms. The van der Waals surface area contributed by atoms with Gasteiger partial charge in [-0.2, -0.15) is 0 Å². The Balaban J connectivity index is 1.35. The third kappa shape index (κ3) is 19.7. The first-order valence-corrected chi connectivity index (χ1v) is 21.3. The van der Waals surface area contributed by atoms with E-state index in [2.05, 4.69) is 13.8 Å². The van der Waals surface area contributed by atoms with E-state index in [4.69, 9.17) is 14.2 Å². The van der Waals surface area contributed by atoms with E-state index in [1.165, 1.54) is 133 Å². The first-order valence-electron chi connectivity index (χ1n) is 21.3. The molecule has 0 saturated heterocycles. The number of carbonyl (C=O) groups excluding carboxylic acids is 2. The first kappa shape index (κ1) is 45.7. The molecule has 0 radical (unpaired) electrons. The Morgan fingerprint density at radius 3 is 1.39 bits per heavy atom. The number of unbranched alkanes of at least 4 members (excludes halogenated alkanes) is 18. The molecule has 0 saturated carbocycles. The Morgan fingerprint density at radius 2 is 0.964 bits per heavy atom. The minimum atomic E-state index is -0.775. The van der Waals surface area contributed by atoms with Gasteiger partial charge in [-0.15, -0.1) is 0 Å². The summed E-state index contributed by atoms with van der Waals surface area (Å²) in [6.45, 7) is 5.81. The van der Waals surface area contributed by atoms with E-state index in [0.717, 1.165) is 48.0 Å². The highest BCUT2D eigenvalue weighted by atomic mass is 16.6. The molecule has 3 rings (SSSR count). The van der Waals surface area contributed by atoms with Gasteiger partial charge in [0.1, 0.15) is 11.5 Å². The lowest BCUT2D eigenvalue weighted by Gasteiger charge is -2.07. The van der Waals surface area contributed by atoms with Crippen LogP contribution in [0.5, 0.6) is 17.2 Å². The Morgan fingerprint density at radius 1 is 0.554 bits per heavy atom. The number of nitro groups is 1. The molecule has 0 atom stereocenters. The van der Waals surface area contributed by atoms with Crippen molar-refractivity contribution in [2.24, 2.45) is 0 Å². The van der Waals surface area contributed by atoms with E-state index in [-0.39, 0.29) is 11.3 Å². The number of benzene rings is 3. The number of nitro benzene ring substituents is 1. The lowest BCUT2D eigenvalue weighted by molar-refractivity contribution is -0.385. The molecule has 0 aliphatic carbocycles. The highest BCUT2D eigenvalue weighted by Gasteiger charge is 2.20. The molecule has 0 spiro atoms. The summed E-state index contributed by atoms with van der Waals surface area (Å²) >= 11 is 0. The quantitative estimate of drug-likeness (QED) is 0.0122. The fourth-order valence-corrected chi connectivity index (χ4v) is 6.38. The third-order valence-electron chi connectivity index (χ3n) is 9.78. The van der Waals surface area contributed by atoms with Crippen LogP contribution in [0.4, 0.5) is 5.69 Å². The Labute approximate surface area is 335 Å². The maximum atomic E-state index is 12.9. The molecule has 0 N–H and O–H groups in total. The van der Waals surface area contributed by atoms with Crippen LogP contribution in [0.1, 0.15) is 164 Å². The van der Waals surface area contributed by atoms with Crippen LogP contribution in [0.2, 0.25) is 0 Å². The fourth-order valence-electron chi connectivity index (χ4n) is 6.38. The van der Waals surface area contributed by atoms with Crippen LogP contribution in [0.25, 0.3) is 12.2 Å². The van der Waals surface area contributed by atoms with Crippen molar-refractivity contribution < 1.29 is 28.7 Å². The highest BCUT2D eigenvalue weighted by molar-refractivity contribution is 6.07. The summed E-state index contributed by atoms with van der Waals surface area (Å²) in [4.78, 5) is 36.6. The SMILES string of the molecule is CCCCCCCCCCCCCCCCOc1ccc(/C=C/C(=O)c2ccc(OC(=O)/C=C/c3ccc(OCCCCCCCC)cc3)c([N+](=O)[O-])c2)cc1. The topological polar surface area (TPSA) is 105 Å². The molecule has 304 valence electrons. The summed E-state index contributed by atoms with van der Waals surface area (Å²) < 4.78 is 17.0. The summed E-state index contributed by atoms with van der Waals surface area (Å²) in [7, 11) is 0. The predicted octanol–water partition coefficient (Wildman–Crippen LogP) is 13.7. The number of carbonyl (C=O) groups is 2. The minimum Gasteiger partial charge on any atom is -0.494 e. The van der Waals surface area contributed by atoms with Crippen LogP contribution in [0, 0.1) is 10.1 Å². The summed E-state index contributed by atoms with van der Waals surface area (Å²) in [5.74, 6) is 0.103. The Hall–Kier alpha value is -4.72. The van der Waals surface area contributed by atoms with E-state index in [1.807, 2.05) is 48.5 Å². The molecule has 3 aromatic rings. The molecule has 0 amide bonds. The van der Waals surface area contributed by atoms with Gasteiger partial charge in [-0.1, -0.05) is 160 Å². The molecular formula is C48H65NO7. The standard InChI is InChI=1S/C48H65NO7/c1-3-5-7-9-11-12-13-14-15-16-17-18-20-22-38-55-43-30-23-40(24-31-43)27-34-46(50)42-29-35-47(45(39-42)49(52)53)56-48(51)36-28-41-25-32-44(33-26-41)54-37-21-19-10-8-6-4-2/h23-36,39H,3-22,37-38H2,1-2H3/b34-27+,36-28+. The van der Waals surface area contributed by atoms with Crippen LogP contribution in [-0.2, 0) is 4.79 Å². The normalized spacial score (nSPS) is 11.3. The van der Waals surface area contributed by atoms with Gasteiger partial charge >= 0.3 is 11.7 Å². The number of rotatable bonds is 31. The second-order valence-electron chi connectivity index (χ2n) is 14.6. The number of ketones is 1. The van der Waals surface area contributed by atoms with E-state index in [9.17, 15) is 19.7 Å². The average Bonchev–Trinajstić information content (AvgIpc) is 3.21. The molecule has 0 bridgehead atoms. The highest BCUT2D eigenvalue weighted by Crippen LogP contribution is 2.29. The molecule has 8 heteroatoms. The van der Waals surface area contributed by atoms with Crippen molar-refractivity contribution in [1.29, 1.82) is 0 Å². The monoisotopic (exact) mass is 767 g/mol. The van der Waals surface area contributed by atoms with Gasteiger partial charge in [0.2, 0.25) is 5.75 Å². The van der Waals surface area contributed by atoms with Crippen molar-refractivity contribution in [2.45, 2.75) is 142 Å². The fraction of sp³-hybridized carbons (Fsp3) is 0.500. The van der Waals surface area contributed by atoms with Gasteiger partial charge in [0.25, 0.3) is 0 Å². The average molecular weight is 768 g/mol. The van der Waals surface area contributed by atoms with Crippen molar-refractivity contribution in [3.8, 4) is 17.2 Å². The smallest absolute Gasteiger partial charge is 0.336 e. The van der Waals surface area contributed by atoms with Gasteiger partial charge in [0.15, 0.2) is 5.78 Å². The van der Waals surface area contributed by atoms with Crippen molar-refractivity contribution in [1.82, 2.24) is 0 Å². The number of esters is 1. The van der Waals surface area contributed by atoms with Crippen molar-refractivity contribution in [2.75, 3.05) is 13.2 Å². The zero-order valence-corrected chi connectivity index (χ0v) is 34.0. The van der Waals surface area contributed by atoms with E-state index < -0.39 is 22.4 Å². The Bertz CT molecular complexity index is 1610. The molecule has 0 aromatic heterocycles. The maximum absolute atomic E-state index is 12.9. The van der Waals surface area contributed by atoms with Crippen LogP contribution in [0.3, 0.4) is 0 Å². The van der Waals surface area contributed by atoms with Crippen LogP contribution >= 0.6 is 0 Å². The lowest BCUT2D eigenvalue weighted by atomic mass is 10.0. The van der Waals surface area contributed by atoms with Crippen molar-refractivity contribution in [3.63, 3.8) is 0 Å². The van der Waals surface area contributed by atoms with Crippen LogP contribution in [-0.4, -0.2) is 29.9 Å². The molecule has 0 aliphatic heterocycles. The number of nitrogens with zero attached hydrogens (tertiary/aromatic N) is 1.